The van der Waals surface area contributed by atoms with Gasteiger partial charge in [0.1, 0.15) is 6.04 Å². The van der Waals surface area contributed by atoms with E-state index in [1.54, 1.807) is 41.1 Å². The number of likely N-dealkylation sites (tertiary alicyclic amines) is 1. The first-order chi connectivity index (χ1) is 19.5. The van der Waals surface area contributed by atoms with Gasteiger partial charge in [0.2, 0.25) is 5.89 Å². The van der Waals surface area contributed by atoms with Crippen LogP contribution in [0.2, 0.25) is 0 Å². The second-order valence-corrected chi connectivity index (χ2v) is 10.3. The fraction of sp³-hybridized carbons (Fsp3) is 0.312. The van der Waals surface area contributed by atoms with Crippen molar-refractivity contribution in [2.75, 3.05) is 20.1 Å². The van der Waals surface area contributed by atoms with Gasteiger partial charge in [0.25, 0.3) is 11.8 Å². The van der Waals surface area contributed by atoms with E-state index < -0.39 is 12.1 Å². The van der Waals surface area contributed by atoms with E-state index in [2.05, 4.69) is 22.3 Å². The molecule has 8 heteroatoms. The number of aliphatic hydroxyl groups is 1. The number of hydrogen-bond acceptors (Lipinski definition) is 6. The number of carbonyl (C=O) groups excluding carboxylic acids is 2. The van der Waals surface area contributed by atoms with Crippen LogP contribution >= 0.6 is 0 Å². The zero-order chi connectivity index (χ0) is 27.9. The van der Waals surface area contributed by atoms with Crippen molar-refractivity contribution in [3.63, 3.8) is 0 Å². The standard InChI is InChI=1S/C32H34N4O4/c1-35(20-19-24-11-6-3-7-12-24)31(38)25-15-17-26(18-16-25)32(39)36-22-27(37)21-28(36)30-33-29(34-40-30)14-8-13-23-9-4-2-5-10-23/h2-7,9-12,15-18,27-28,37H,8,13-14,19-22H2,1H3/t27-,28-/m1/s1. The van der Waals surface area contributed by atoms with E-state index in [0.717, 1.165) is 19.3 Å². The minimum atomic E-state index is -0.679. The molecule has 40 heavy (non-hydrogen) atoms. The molecule has 8 nitrogen and oxygen atoms in total. The molecule has 2 atom stereocenters. The molecule has 0 spiro atoms. The Hall–Kier alpha value is -4.30. The van der Waals surface area contributed by atoms with Gasteiger partial charge in [-0.2, -0.15) is 4.98 Å². The van der Waals surface area contributed by atoms with Crippen LogP contribution in [-0.2, 0) is 19.3 Å². The predicted molar refractivity (Wildman–Crippen MR) is 151 cm³/mol. The molecule has 0 radical (unpaired) electrons. The predicted octanol–water partition coefficient (Wildman–Crippen LogP) is 4.51. The summed E-state index contributed by atoms with van der Waals surface area (Å²) in [5.41, 5.74) is 3.38. The van der Waals surface area contributed by atoms with Crippen LogP contribution in [-0.4, -0.2) is 63.1 Å². The third-order valence-corrected chi connectivity index (χ3v) is 7.32. The second-order valence-electron chi connectivity index (χ2n) is 10.3. The Bertz CT molecular complexity index is 1410. The van der Waals surface area contributed by atoms with Crippen LogP contribution in [0.15, 0.2) is 89.5 Å². The van der Waals surface area contributed by atoms with Crippen molar-refractivity contribution in [1.82, 2.24) is 19.9 Å². The summed E-state index contributed by atoms with van der Waals surface area (Å²) in [7, 11) is 1.78. The van der Waals surface area contributed by atoms with E-state index in [1.165, 1.54) is 11.1 Å². The summed E-state index contributed by atoms with van der Waals surface area (Å²) in [6.45, 7) is 0.771. The molecule has 4 aromatic rings. The number of hydrogen-bond donors (Lipinski definition) is 1. The Kier molecular flexibility index (Phi) is 8.66. The Labute approximate surface area is 234 Å². The fourth-order valence-corrected chi connectivity index (χ4v) is 5.06. The minimum absolute atomic E-state index is 0.102. The highest BCUT2D eigenvalue weighted by molar-refractivity contribution is 5.98. The van der Waals surface area contributed by atoms with Gasteiger partial charge in [0.15, 0.2) is 5.82 Å². The molecule has 2 heterocycles. The number of likely N-dealkylation sites (N-methyl/N-ethyl adjacent to an activating group) is 1. The van der Waals surface area contributed by atoms with Crippen molar-refractivity contribution >= 4 is 11.8 Å². The lowest BCUT2D eigenvalue weighted by Crippen LogP contribution is -2.32. The zero-order valence-corrected chi connectivity index (χ0v) is 22.6. The third-order valence-electron chi connectivity index (χ3n) is 7.32. The molecule has 1 aromatic heterocycles. The first-order valence-corrected chi connectivity index (χ1v) is 13.7. The van der Waals surface area contributed by atoms with Gasteiger partial charge in [-0.1, -0.05) is 65.8 Å². The van der Waals surface area contributed by atoms with Crippen LogP contribution in [0.4, 0.5) is 0 Å². The van der Waals surface area contributed by atoms with E-state index >= 15 is 0 Å². The van der Waals surface area contributed by atoms with Gasteiger partial charge in [0.05, 0.1) is 6.10 Å². The average Bonchev–Trinajstić information content (AvgIpc) is 3.63. The van der Waals surface area contributed by atoms with Crippen molar-refractivity contribution in [2.24, 2.45) is 0 Å². The first kappa shape index (κ1) is 27.3. The molecule has 1 saturated heterocycles. The van der Waals surface area contributed by atoms with Gasteiger partial charge in [-0.05, 0) is 54.7 Å². The van der Waals surface area contributed by atoms with Gasteiger partial charge >= 0.3 is 0 Å². The molecular formula is C32H34N4O4. The highest BCUT2D eigenvalue weighted by Crippen LogP contribution is 2.32. The number of benzene rings is 3. The number of β-amino-alcohol motifs (C(OH)–C–C–N with tert-alkyl or cyclic N) is 1. The quantitative estimate of drug-likeness (QED) is 0.319. The fourth-order valence-electron chi connectivity index (χ4n) is 5.06. The van der Waals surface area contributed by atoms with Crippen LogP contribution in [0.5, 0.6) is 0 Å². The molecule has 1 aliphatic heterocycles. The van der Waals surface area contributed by atoms with Gasteiger partial charge in [0, 0.05) is 44.1 Å². The summed E-state index contributed by atoms with van der Waals surface area (Å²) in [5, 5.41) is 14.5. The molecular weight excluding hydrogens is 504 g/mol. The van der Waals surface area contributed by atoms with Crippen molar-refractivity contribution < 1.29 is 19.2 Å². The summed E-state index contributed by atoms with van der Waals surface area (Å²) in [6, 6.07) is 26.4. The van der Waals surface area contributed by atoms with Gasteiger partial charge < -0.3 is 19.4 Å². The van der Waals surface area contributed by atoms with Gasteiger partial charge in [-0.3, -0.25) is 9.59 Å². The summed E-state index contributed by atoms with van der Waals surface area (Å²) in [5.74, 6) is 0.585. The SMILES string of the molecule is CN(CCc1ccccc1)C(=O)c1ccc(C(=O)N2C[C@H](O)C[C@@H]2c2nc(CCCc3ccccc3)no2)cc1. The summed E-state index contributed by atoms with van der Waals surface area (Å²) in [6.07, 6.45) is 2.88. The number of aryl methyl sites for hydroxylation is 2. The van der Waals surface area contributed by atoms with E-state index in [9.17, 15) is 14.7 Å². The van der Waals surface area contributed by atoms with Crippen molar-refractivity contribution in [2.45, 2.75) is 44.2 Å². The third kappa shape index (κ3) is 6.63. The number of carbonyl (C=O) groups is 2. The molecule has 5 rings (SSSR count). The highest BCUT2D eigenvalue weighted by atomic mass is 16.5. The van der Waals surface area contributed by atoms with Crippen LogP contribution in [0.25, 0.3) is 0 Å². The Balaban J connectivity index is 1.19. The van der Waals surface area contributed by atoms with Gasteiger partial charge in [-0.25, -0.2) is 0 Å². The topological polar surface area (TPSA) is 99.8 Å². The van der Waals surface area contributed by atoms with E-state index in [1.807, 2.05) is 48.5 Å². The molecule has 2 amide bonds. The number of nitrogens with zero attached hydrogens (tertiary/aromatic N) is 4. The van der Waals surface area contributed by atoms with E-state index in [4.69, 9.17) is 4.52 Å². The molecule has 0 aliphatic carbocycles. The maximum Gasteiger partial charge on any atom is 0.254 e. The molecule has 1 fully saturated rings. The summed E-state index contributed by atoms with van der Waals surface area (Å²) < 4.78 is 5.53. The van der Waals surface area contributed by atoms with Crippen LogP contribution < -0.4 is 0 Å². The van der Waals surface area contributed by atoms with Crippen molar-refractivity contribution in [3.05, 3.63) is 119 Å². The monoisotopic (exact) mass is 538 g/mol. The largest absolute Gasteiger partial charge is 0.391 e. The minimum Gasteiger partial charge on any atom is -0.391 e. The maximum atomic E-state index is 13.4. The second kappa shape index (κ2) is 12.7. The van der Waals surface area contributed by atoms with Crippen molar-refractivity contribution in [1.29, 1.82) is 0 Å². The molecule has 1 N–H and O–H groups in total. The average molecular weight is 539 g/mol. The lowest BCUT2D eigenvalue weighted by molar-refractivity contribution is 0.0692. The molecule has 1 aliphatic rings. The maximum absolute atomic E-state index is 13.4. The smallest absolute Gasteiger partial charge is 0.254 e. The molecule has 3 aromatic carbocycles. The molecule has 206 valence electrons. The number of aromatic nitrogens is 2. The number of amides is 2. The van der Waals surface area contributed by atoms with E-state index in [-0.39, 0.29) is 18.4 Å². The lowest BCUT2D eigenvalue weighted by atomic mass is 10.1. The zero-order valence-electron chi connectivity index (χ0n) is 22.6. The summed E-state index contributed by atoms with van der Waals surface area (Å²) >= 11 is 0. The van der Waals surface area contributed by atoms with Crippen molar-refractivity contribution in [3.8, 4) is 0 Å². The molecule has 0 unspecified atom stereocenters. The van der Waals surface area contributed by atoms with Gasteiger partial charge in [-0.15, -0.1) is 0 Å². The normalized spacial score (nSPS) is 16.7. The number of aliphatic hydroxyl groups excluding tert-OH is 1. The van der Waals surface area contributed by atoms with Crippen LogP contribution in [0.1, 0.15) is 62.4 Å². The Morgan fingerprint density at radius 3 is 2.20 bits per heavy atom. The Morgan fingerprint density at radius 1 is 0.900 bits per heavy atom. The van der Waals surface area contributed by atoms with Crippen LogP contribution in [0.3, 0.4) is 0 Å². The molecule has 0 bridgehead atoms. The lowest BCUT2D eigenvalue weighted by Gasteiger charge is -2.22. The van der Waals surface area contributed by atoms with E-state index in [0.29, 0.717) is 42.2 Å². The first-order valence-electron chi connectivity index (χ1n) is 13.7. The highest BCUT2D eigenvalue weighted by Gasteiger charge is 2.39. The Morgan fingerprint density at radius 2 is 1.52 bits per heavy atom. The van der Waals surface area contributed by atoms with Crippen LogP contribution in [0, 0.1) is 0 Å². The molecule has 0 saturated carbocycles. The number of rotatable bonds is 10. The summed E-state index contributed by atoms with van der Waals surface area (Å²) in [4.78, 5) is 34.1.